The number of benzene rings is 1. The van der Waals surface area contributed by atoms with Crippen molar-refractivity contribution in [3.05, 3.63) is 35.9 Å². The smallest absolute Gasteiger partial charge is 0.253 e. The van der Waals surface area contributed by atoms with Gasteiger partial charge in [-0.05, 0) is 25.0 Å². The summed E-state index contributed by atoms with van der Waals surface area (Å²) < 4.78 is 5.30. The summed E-state index contributed by atoms with van der Waals surface area (Å²) in [4.78, 5) is 28.8. The minimum absolute atomic E-state index is 0.0278. The number of carbonyl (C=O) groups is 2. The van der Waals surface area contributed by atoms with E-state index in [1.54, 1.807) is 0 Å². The number of nitrogens with zero attached hydrogens (tertiary/aromatic N) is 2. The predicted molar refractivity (Wildman–Crippen MR) is 82.5 cm³/mol. The second-order valence-corrected chi connectivity index (χ2v) is 5.89. The Labute approximate surface area is 130 Å². The Hall–Kier alpha value is -1.88. The van der Waals surface area contributed by atoms with Crippen molar-refractivity contribution in [1.82, 2.24) is 9.80 Å². The minimum atomic E-state index is -0.0699. The molecule has 2 fully saturated rings. The highest BCUT2D eigenvalue weighted by Crippen LogP contribution is 2.21. The molecule has 2 amide bonds. The van der Waals surface area contributed by atoms with Crippen LogP contribution >= 0.6 is 0 Å². The molecule has 5 heteroatoms. The van der Waals surface area contributed by atoms with Gasteiger partial charge in [-0.3, -0.25) is 9.59 Å². The summed E-state index contributed by atoms with van der Waals surface area (Å²) in [5.74, 6) is 0.133. The molecule has 0 aromatic heterocycles. The van der Waals surface area contributed by atoms with E-state index in [9.17, 15) is 9.59 Å². The molecule has 3 rings (SSSR count). The second-order valence-electron chi connectivity index (χ2n) is 5.89. The first-order chi connectivity index (χ1) is 10.8. The third-order valence-electron chi connectivity index (χ3n) is 4.40. The van der Waals surface area contributed by atoms with Crippen LogP contribution in [-0.4, -0.2) is 61.0 Å². The zero-order chi connectivity index (χ0) is 15.4. The van der Waals surface area contributed by atoms with Crippen LogP contribution in [0.3, 0.4) is 0 Å². The van der Waals surface area contributed by atoms with Gasteiger partial charge >= 0.3 is 0 Å². The van der Waals surface area contributed by atoms with Crippen LogP contribution in [0.2, 0.25) is 0 Å². The monoisotopic (exact) mass is 302 g/mol. The van der Waals surface area contributed by atoms with E-state index in [-0.39, 0.29) is 17.7 Å². The number of rotatable bonds is 2. The van der Waals surface area contributed by atoms with E-state index < -0.39 is 0 Å². The summed E-state index contributed by atoms with van der Waals surface area (Å²) in [7, 11) is 0. The standard InChI is InChI=1S/C17H22N2O3/c20-16(14-5-2-1-3-6-14)19-8-4-7-15(13-19)17(21)18-9-11-22-12-10-18/h1-3,5-6,15H,4,7-13H2. The van der Waals surface area contributed by atoms with Crippen LogP contribution in [0.5, 0.6) is 0 Å². The number of carbonyl (C=O) groups excluding carboxylic acids is 2. The summed E-state index contributed by atoms with van der Waals surface area (Å²) in [5.41, 5.74) is 0.696. The molecule has 1 aromatic rings. The molecule has 0 saturated carbocycles. The molecule has 2 saturated heterocycles. The van der Waals surface area contributed by atoms with E-state index in [2.05, 4.69) is 0 Å². The highest BCUT2D eigenvalue weighted by molar-refractivity contribution is 5.94. The van der Waals surface area contributed by atoms with Crippen LogP contribution in [0.4, 0.5) is 0 Å². The van der Waals surface area contributed by atoms with Gasteiger partial charge in [0.15, 0.2) is 0 Å². The van der Waals surface area contributed by atoms with Gasteiger partial charge in [-0.25, -0.2) is 0 Å². The Balaban J connectivity index is 1.63. The van der Waals surface area contributed by atoms with Crippen LogP contribution in [0.1, 0.15) is 23.2 Å². The van der Waals surface area contributed by atoms with E-state index in [1.807, 2.05) is 40.1 Å². The molecule has 22 heavy (non-hydrogen) atoms. The third-order valence-corrected chi connectivity index (χ3v) is 4.40. The fourth-order valence-corrected chi connectivity index (χ4v) is 3.17. The van der Waals surface area contributed by atoms with Gasteiger partial charge in [0.25, 0.3) is 5.91 Å². The number of amides is 2. The van der Waals surface area contributed by atoms with Gasteiger partial charge in [-0.15, -0.1) is 0 Å². The van der Waals surface area contributed by atoms with Crippen molar-refractivity contribution in [3.63, 3.8) is 0 Å². The molecule has 2 aliphatic rings. The first-order valence-corrected chi connectivity index (χ1v) is 7.96. The lowest BCUT2D eigenvalue weighted by molar-refractivity contribution is -0.141. The van der Waals surface area contributed by atoms with Crippen molar-refractivity contribution in [2.24, 2.45) is 5.92 Å². The molecule has 0 radical (unpaired) electrons. The largest absolute Gasteiger partial charge is 0.378 e. The Morgan fingerprint density at radius 2 is 1.73 bits per heavy atom. The van der Waals surface area contributed by atoms with Gasteiger partial charge < -0.3 is 14.5 Å². The molecular weight excluding hydrogens is 280 g/mol. The lowest BCUT2D eigenvalue weighted by Gasteiger charge is -2.36. The molecular formula is C17H22N2O3. The van der Waals surface area contributed by atoms with Gasteiger partial charge in [0.05, 0.1) is 19.1 Å². The van der Waals surface area contributed by atoms with E-state index >= 15 is 0 Å². The first-order valence-electron chi connectivity index (χ1n) is 7.96. The van der Waals surface area contributed by atoms with Crippen LogP contribution in [0.25, 0.3) is 0 Å². The van der Waals surface area contributed by atoms with Crippen LogP contribution in [0.15, 0.2) is 30.3 Å². The Kier molecular flexibility index (Phi) is 4.73. The maximum atomic E-state index is 12.6. The zero-order valence-corrected chi connectivity index (χ0v) is 12.7. The quantitative estimate of drug-likeness (QED) is 0.830. The zero-order valence-electron chi connectivity index (χ0n) is 12.7. The fraction of sp³-hybridized carbons (Fsp3) is 0.529. The number of piperidine rings is 1. The average Bonchev–Trinajstić information content (AvgIpc) is 2.62. The van der Waals surface area contributed by atoms with Crippen LogP contribution in [-0.2, 0) is 9.53 Å². The highest BCUT2D eigenvalue weighted by Gasteiger charge is 2.32. The van der Waals surface area contributed by atoms with Crippen molar-refractivity contribution in [2.45, 2.75) is 12.8 Å². The summed E-state index contributed by atoms with van der Waals surface area (Å²) in [6, 6.07) is 9.30. The molecule has 118 valence electrons. The van der Waals surface area contributed by atoms with Crippen molar-refractivity contribution in [3.8, 4) is 0 Å². The van der Waals surface area contributed by atoms with E-state index in [0.29, 0.717) is 38.4 Å². The molecule has 1 atom stereocenters. The number of hydrogen-bond donors (Lipinski definition) is 0. The van der Waals surface area contributed by atoms with Crippen LogP contribution in [0, 0.1) is 5.92 Å². The van der Waals surface area contributed by atoms with Gasteiger partial charge in [0.1, 0.15) is 0 Å². The summed E-state index contributed by atoms with van der Waals surface area (Å²) in [5, 5.41) is 0. The normalized spacial score (nSPS) is 22.5. The summed E-state index contributed by atoms with van der Waals surface area (Å²) in [6.07, 6.45) is 1.76. The van der Waals surface area contributed by atoms with E-state index in [1.165, 1.54) is 0 Å². The maximum absolute atomic E-state index is 12.6. The van der Waals surface area contributed by atoms with Crippen molar-refractivity contribution >= 4 is 11.8 Å². The predicted octanol–water partition coefficient (Wildman–Crippen LogP) is 1.40. The molecule has 0 aliphatic carbocycles. The van der Waals surface area contributed by atoms with Gasteiger partial charge in [0, 0.05) is 31.7 Å². The Morgan fingerprint density at radius 1 is 1.00 bits per heavy atom. The lowest BCUT2D eigenvalue weighted by atomic mass is 9.95. The molecule has 2 aliphatic heterocycles. The molecule has 1 aromatic carbocycles. The summed E-state index contributed by atoms with van der Waals surface area (Å²) in [6.45, 7) is 3.84. The van der Waals surface area contributed by atoms with Gasteiger partial charge in [0.2, 0.25) is 5.91 Å². The van der Waals surface area contributed by atoms with Crippen molar-refractivity contribution < 1.29 is 14.3 Å². The molecule has 0 N–H and O–H groups in total. The number of ether oxygens (including phenoxy) is 1. The number of morpholine rings is 1. The molecule has 2 heterocycles. The minimum Gasteiger partial charge on any atom is -0.378 e. The first kappa shape index (κ1) is 15.0. The molecule has 0 spiro atoms. The SMILES string of the molecule is O=C(c1ccccc1)N1CCCC(C(=O)N2CCOCC2)C1. The molecule has 0 bridgehead atoms. The van der Waals surface area contributed by atoms with Crippen molar-refractivity contribution in [1.29, 1.82) is 0 Å². The second kappa shape index (κ2) is 6.92. The number of hydrogen-bond acceptors (Lipinski definition) is 3. The third kappa shape index (κ3) is 3.30. The van der Waals surface area contributed by atoms with Gasteiger partial charge in [-0.2, -0.15) is 0 Å². The van der Waals surface area contributed by atoms with Gasteiger partial charge in [-0.1, -0.05) is 18.2 Å². The maximum Gasteiger partial charge on any atom is 0.253 e. The van der Waals surface area contributed by atoms with E-state index in [4.69, 9.17) is 4.74 Å². The highest BCUT2D eigenvalue weighted by atomic mass is 16.5. The molecule has 5 nitrogen and oxygen atoms in total. The Morgan fingerprint density at radius 3 is 2.45 bits per heavy atom. The Bertz CT molecular complexity index is 526. The van der Waals surface area contributed by atoms with Crippen LogP contribution < -0.4 is 0 Å². The van der Waals surface area contributed by atoms with E-state index in [0.717, 1.165) is 19.4 Å². The van der Waals surface area contributed by atoms with Crippen molar-refractivity contribution in [2.75, 3.05) is 39.4 Å². The average molecular weight is 302 g/mol. The summed E-state index contributed by atoms with van der Waals surface area (Å²) >= 11 is 0. The fourth-order valence-electron chi connectivity index (χ4n) is 3.17. The number of likely N-dealkylation sites (tertiary alicyclic amines) is 1. The molecule has 1 unspecified atom stereocenters. The topological polar surface area (TPSA) is 49.9 Å². The lowest BCUT2D eigenvalue weighted by Crippen LogP contribution is -2.49.